The largest absolute Gasteiger partial charge is 0.431 e. The number of likely N-dealkylation sites (tertiary alicyclic amines) is 1. The van der Waals surface area contributed by atoms with Crippen LogP contribution in [0.1, 0.15) is 30.6 Å². The number of amides is 2. The first-order chi connectivity index (χ1) is 16.8. The number of nitrogens with zero attached hydrogens (tertiary/aromatic N) is 4. The van der Waals surface area contributed by atoms with Crippen molar-refractivity contribution in [1.82, 2.24) is 25.0 Å². The molecule has 0 aliphatic carbocycles. The van der Waals surface area contributed by atoms with Crippen LogP contribution in [-0.4, -0.2) is 52.0 Å². The topological polar surface area (TPSA) is 108 Å². The standard InChI is InChI=1S/C24H26F2N6O3/c1-15(16-5-3-2-4-6-16)29-23(33)31-8-7-24(14-31)20-12-18(30-32(20)9-10-34-24)17-11-19(35-22(25)26)21(27)28-13-17/h2-6,11-13,15,22H,7-10,14H2,1H3,(H2,27,28)(H,29,33)/t15-,24-/m1/s1. The summed E-state index contributed by atoms with van der Waals surface area (Å²) in [4.78, 5) is 18.7. The molecule has 1 spiro atoms. The number of carbonyl (C=O) groups excluding carboxylic acids is 1. The molecule has 184 valence electrons. The molecule has 2 amide bonds. The van der Waals surface area contributed by atoms with Gasteiger partial charge in [-0.25, -0.2) is 9.78 Å². The fourth-order valence-electron chi connectivity index (χ4n) is 4.67. The van der Waals surface area contributed by atoms with Crippen LogP contribution < -0.4 is 15.8 Å². The Labute approximate surface area is 200 Å². The van der Waals surface area contributed by atoms with Gasteiger partial charge in [-0.05, 0) is 24.6 Å². The van der Waals surface area contributed by atoms with Crippen LogP contribution in [0.5, 0.6) is 5.75 Å². The third kappa shape index (κ3) is 4.51. The maximum Gasteiger partial charge on any atom is 0.387 e. The van der Waals surface area contributed by atoms with E-state index >= 15 is 0 Å². The lowest BCUT2D eigenvalue weighted by molar-refractivity contribution is -0.0701. The van der Waals surface area contributed by atoms with Crippen molar-refractivity contribution in [2.24, 2.45) is 0 Å². The van der Waals surface area contributed by atoms with E-state index in [-0.39, 0.29) is 23.6 Å². The minimum Gasteiger partial charge on any atom is -0.431 e. The maximum absolute atomic E-state index is 13.0. The third-order valence-corrected chi connectivity index (χ3v) is 6.48. The van der Waals surface area contributed by atoms with Crippen LogP contribution in [-0.2, 0) is 16.9 Å². The van der Waals surface area contributed by atoms with Crippen LogP contribution in [0.2, 0.25) is 0 Å². The summed E-state index contributed by atoms with van der Waals surface area (Å²) in [5, 5.41) is 7.70. The number of nitrogens with one attached hydrogen (secondary N) is 1. The number of nitrogens with two attached hydrogens (primary N) is 1. The average Bonchev–Trinajstić information content (AvgIpc) is 3.47. The van der Waals surface area contributed by atoms with E-state index in [2.05, 4.69) is 20.1 Å². The Morgan fingerprint density at radius 3 is 2.83 bits per heavy atom. The SMILES string of the molecule is C[C@@H](NC(=O)N1CC[C@]2(C1)OCCn1nc(-c3cnc(N)c(OC(F)F)c3)cc12)c1ccccc1. The highest BCUT2D eigenvalue weighted by Gasteiger charge is 2.47. The average molecular weight is 485 g/mol. The molecule has 2 aliphatic rings. The molecule has 11 heteroatoms. The molecular weight excluding hydrogens is 458 g/mol. The van der Waals surface area contributed by atoms with E-state index in [0.29, 0.717) is 43.9 Å². The number of aromatic nitrogens is 3. The summed E-state index contributed by atoms with van der Waals surface area (Å²) in [6, 6.07) is 12.7. The molecule has 2 atom stereocenters. The highest BCUT2D eigenvalue weighted by molar-refractivity contribution is 5.75. The summed E-state index contributed by atoms with van der Waals surface area (Å²) in [5.41, 5.74) is 7.86. The lowest BCUT2D eigenvalue weighted by Crippen LogP contribution is -2.44. The van der Waals surface area contributed by atoms with E-state index in [1.54, 1.807) is 4.90 Å². The number of rotatable bonds is 5. The maximum atomic E-state index is 13.0. The van der Waals surface area contributed by atoms with Gasteiger partial charge in [0.25, 0.3) is 0 Å². The van der Waals surface area contributed by atoms with Gasteiger partial charge in [0.05, 0.1) is 37.1 Å². The van der Waals surface area contributed by atoms with E-state index < -0.39 is 12.2 Å². The quantitative estimate of drug-likeness (QED) is 0.574. The predicted molar refractivity (Wildman–Crippen MR) is 124 cm³/mol. The predicted octanol–water partition coefficient (Wildman–Crippen LogP) is 3.53. The lowest BCUT2D eigenvalue weighted by atomic mass is 9.96. The third-order valence-electron chi connectivity index (χ3n) is 6.48. The molecule has 1 aromatic carbocycles. The Morgan fingerprint density at radius 1 is 1.26 bits per heavy atom. The summed E-state index contributed by atoms with van der Waals surface area (Å²) in [6.45, 7) is 0.835. The fourth-order valence-corrected chi connectivity index (χ4v) is 4.67. The molecule has 4 heterocycles. The molecule has 0 bridgehead atoms. The number of anilines is 1. The number of urea groups is 1. The second kappa shape index (κ2) is 9.14. The molecule has 2 aliphatic heterocycles. The molecule has 5 rings (SSSR count). The first-order valence-electron chi connectivity index (χ1n) is 11.4. The Kier molecular flexibility index (Phi) is 6.01. The highest BCUT2D eigenvalue weighted by atomic mass is 19.3. The van der Waals surface area contributed by atoms with Crippen molar-refractivity contribution in [1.29, 1.82) is 0 Å². The zero-order valence-corrected chi connectivity index (χ0v) is 19.2. The molecule has 0 radical (unpaired) electrons. The Morgan fingerprint density at radius 2 is 2.06 bits per heavy atom. The number of pyridine rings is 1. The van der Waals surface area contributed by atoms with Crippen molar-refractivity contribution in [3.63, 3.8) is 0 Å². The number of carbonyl (C=O) groups is 1. The number of nitrogen functional groups attached to an aromatic ring is 1. The number of fused-ring (bicyclic) bond motifs is 2. The van der Waals surface area contributed by atoms with Crippen molar-refractivity contribution in [3.05, 3.63) is 59.9 Å². The normalized spacial score (nSPS) is 20.2. The molecule has 9 nitrogen and oxygen atoms in total. The van der Waals surface area contributed by atoms with E-state index in [4.69, 9.17) is 10.5 Å². The minimum atomic E-state index is -3.01. The Bertz CT molecular complexity index is 1220. The molecule has 2 aromatic heterocycles. The number of hydrogen-bond acceptors (Lipinski definition) is 6. The van der Waals surface area contributed by atoms with Crippen molar-refractivity contribution < 1.29 is 23.0 Å². The number of alkyl halides is 2. The van der Waals surface area contributed by atoms with Gasteiger partial charge in [0, 0.05) is 24.7 Å². The minimum absolute atomic E-state index is 0.125. The van der Waals surface area contributed by atoms with Crippen molar-refractivity contribution in [3.8, 4) is 17.0 Å². The van der Waals surface area contributed by atoms with Gasteiger partial charge >= 0.3 is 12.6 Å². The van der Waals surface area contributed by atoms with E-state index in [1.165, 1.54) is 12.3 Å². The van der Waals surface area contributed by atoms with Gasteiger partial charge in [-0.1, -0.05) is 30.3 Å². The van der Waals surface area contributed by atoms with Gasteiger partial charge in [0.2, 0.25) is 0 Å². The molecule has 1 saturated heterocycles. The van der Waals surface area contributed by atoms with Crippen molar-refractivity contribution in [2.45, 2.75) is 38.1 Å². The Balaban J connectivity index is 1.35. The van der Waals surface area contributed by atoms with Gasteiger partial charge in [0.1, 0.15) is 5.60 Å². The number of benzene rings is 1. The van der Waals surface area contributed by atoms with Gasteiger partial charge in [0.15, 0.2) is 11.6 Å². The zero-order chi connectivity index (χ0) is 24.6. The summed E-state index contributed by atoms with van der Waals surface area (Å²) < 4.78 is 38.0. The summed E-state index contributed by atoms with van der Waals surface area (Å²) in [6.07, 6.45) is 2.08. The fraction of sp³-hybridized carbons (Fsp3) is 0.375. The van der Waals surface area contributed by atoms with E-state index in [0.717, 1.165) is 11.3 Å². The second-order valence-electron chi connectivity index (χ2n) is 8.72. The summed E-state index contributed by atoms with van der Waals surface area (Å²) in [7, 11) is 0. The van der Waals surface area contributed by atoms with Crippen molar-refractivity contribution in [2.75, 3.05) is 25.4 Å². The molecule has 35 heavy (non-hydrogen) atoms. The van der Waals surface area contributed by atoms with Crippen LogP contribution in [0.4, 0.5) is 19.4 Å². The summed E-state index contributed by atoms with van der Waals surface area (Å²) >= 11 is 0. The lowest BCUT2D eigenvalue weighted by Gasteiger charge is -2.34. The zero-order valence-electron chi connectivity index (χ0n) is 19.2. The van der Waals surface area contributed by atoms with Gasteiger partial charge in [-0.2, -0.15) is 13.9 Å². The van der Waals surface area contributed by atoms with Gasteiger partial charge in [-0.15, -0.1) is 0 Å². The van der Waals surface area contributed by atoms with Crippen molar-refractivity contribution >= 4 is 11.8 Å². The highest BCUT2D eigenvalue weighted by Crippen LogP contribution is 2.40. The molecule has 3 N–H and O–H groups in total. The van der Waals surface area contributed by atoms with Crippen LogP contribution in [0.15, 0.2) is 48.7 Å². The molecule has 0 unspecified atom stereocenters. The molecule has 1 fully saturated rings. The van der Waals surface area contributed by atoms with Gasteiger partial charge < -0.3 is 25.4 Å². The Hall–Kier alpha value is -3.73. The number of hydrogen-bond donors (Lipinski definition) is 2. The molecule has 3 aromatic rings. The van der Waals surface area contributed by atoms with E-state index in [9.17, 15) is 13.6 Å². The smallest absolute Gasteiger partial charge is 0.387 e. The summed E-state index contributed by atoms with van der Waals surface area (Å²) in [5.74, 6) is -0.328. The molecular formula is C24H26F2N6O3. The first kappa shape index (κ1) is 23.0. The van der Waals surface area contributed by atoms with Crippen LogP contribution >= 0.6 is 0 Å². The van der Waals surface area contributed by atoms with Gasteiger partial charge in [-0.3, -0.25) is 4.68 Å². The number of ether oxygens (including phenoxy) is 2. The molecule has 0 saturated carbocycles. The monoisotopic (exact) mass is 484 g/mol. The van der Waals surface area contributed by atoms with Crippen LogP contribution in [0, 0.1) is 0 Å². The van der Waals surface area contributed by atoms with E-state index in [1.807, 2.05) is 48.0 Å². The van der Waals surface area contributed by atoms with Crippen LogP contribution in [0.25, 0.3) is 11.3 Å². The number of halogens is 2. The first-order valence-corrected chi connectivity index (χ1v) is 11.4. The second-order valence-corrected chi connectivity index (χ2v) is 8.72. The van der Waals surface area contributed by atoms with Crippen LogP contribution in [0.3, 0.4) is 0 Å².